The van der Waals surface area contributed by atoms with E-state index in [4.69, 9.17) is 0 Å². The third-order valence-corrected chi connectivity index (χ3v) is 3.08. The smallest absolute Gasteiger partial charge is 0.0463 e. The summed E-state index contributed by atoms with van der Waals surface area (Å²) in [5.74, 6) is 0.446. The fourth-order valence-corrected chi connectivity index (χ4v) is 2.47. The molecule has 0 aromatic rings. The standard InChI is InChI=1S/C14H30NO/c1-9-10-11(2)12(13(3,4)5)15(16)14(6,7)8/h11-12H,9-10H2,1-8H3. The Morgan fingerprint density at radius 1 is 1.06 bits per heavy atom. The van der Waals surface area contributed by atoms with Crippen LogP contribution in [0.4, 0.5) is 0 Å². The molecule has 2 atom stereocenters. The number of hydrogen-bond donors (Lipinski definition) is 0. The average Bonchev–Trinajstić information content (AvgIpc) is 1.99. The second kappa shape index (κ2) is 5.50. The van der Waals surface area contributed by atoms with E-state index in [0.717, 1.165) is 12.8 Å². The van der Waals surface area contributed by atoms with Crippen molar-refractivity contribution in [2.45, 2.75) is 79.8 Å². The van der Waals surface area contributed by atoms with Gasteiger partial charge in [0.15, 0.2) is 0 Å². The molecule has 0 saturated carbocycles. The summed E-state index contributed by atoms with van der Waals surface area (Å²) in [5.41, 5.74) is -0.274. The molecule has 0 aromatic carbocycles. The molecule has 16 heavy (non-hydrogen) atoms. The quantitative estimate of drug-likeness (QED) is 0.658. The van der Waals surface area contributed by atoms with Crippen molar-refractivity contribution in [3.8, 4) is 0 Å². The summed E-state index contributed by atoms with van der Waals surface area (Å²) in [4.78, 5) is 0. The van der Waals surface area contributed by atoms with Crippen molar-refractivity contribution < 1.29 is 5.21 Å². The van der Waals surface area contributed by atoms with Gasteiger partial charge in [0.25, 0.3) is 0 Å². The molecule has 0 aliphatic carbocycles. The van der Waals surface area contributed by atoms with Gasteiger partial charge in [-0.05, 0) is 38.5 Å². The van der Waals surface area contributed by atoms with Gasteiger partial charge >= 0.3 is 0 Å². The van der Waals surface area contributed by atoms with Gasteiger partial charge in [0.2, 0.25) is 0 Å². The normalized spacial score (nSPS) is 17.6. The number of hydroxylamine groups is 2. The molecule has 0 bridgehead atoms. The van der Waals surface area contributed by atoms with Gasteiger partial charge in [-0.1, -0.05) is 41.0 Å². The highest BCUT2D eigenvalue weighted by Crippen LogP contribution is 2.35. The van der Waals surface area contributed by atoms with Gasteiger partial charge in [-0.3, -0.25) is 0 Å². The molecule has 0 aromatic heterocycles. The molecule has 0 saturated heterocycles. The van der Waals surface area contributed by atoms with Gasteiger partial charge < -0.3 is 0 Å². The topological polar surface area (TPSA) is 23.1 Å². The molecule has 0 N–H and O–H groups in total. The molecule has 97 valence electrons. The molecule has 0 aliphatic rings. The van der Waals surface area contributed by atoms with Crippen molar-refractivity contribution in [1.29, 1.82) is 0 Å². The van der Waals surface area contributed by atoms with E-state index in [9.17, 15) is 5.21 Å². The van der Waals surface area contributed by atoms with Crippen LogP contribution in [0.5, 0.6) is 0 Å². The molecule has 0 fully saturated rings. The van der Waals surface area contributed by atoms with Crippen LogP contribution in [0.3, 0.4) is 0 Å². The average molecular weight is 228 g/mol. The van der Waals surface area contributed by atoms with Crippen LogP contribution in [-0.4, -0.2) is 16.6 Å². The van der Waals surface area contributed by atoms with Crippen LogP contribution in [0, 0.1) is 11.3 Å². The zero-order valence-electron chi connectivity index (χ0n) is 12.4. The first-order valence-electron chi connectivity index (χ1n) is 6.48. The molecule has 0 amide bonds. The first-order valence-corrected chi connectivity index (χ1v) is 6.48. The van der Waals surface area contributed by atoms with Crippen LogP contribution in [0.25, 0.3) is 0 Å². The predicted octanol–water partition coefficient (Wildman–Crippen LogP) is 4.28. The van der Waals surface area contributed by atoms with Crippen LogP contribution in [0.15, 0.2) is 0 Å². The van der Waals surface area contributed by atoms with E-state index in [1.165, 1.54) is 5.06 Å². The predicted molar refractivity (Wildman–Crippen MR) is 69.6 cm³/mol. The minimum Gasteiger partial charge on any atom is -0.146 e. The SMILES string of the molecule is CCCC(C)C(N([O])C(C)(C)C)C(C)(C)C. The zero-order chi connectivity index (χ0) is 13.1. The molecule has 2 nitrogen and oxygen atoms in total. The highest BCUT2D eigenvalue weighted by Gasteiger charge is 2.39. The van der Waals surface area contributed by atoms with E-state index in [0.29, 0.717) is 5.92 Å². The lowest BCUT2D eigenvalue weighted by atomic mass is 9.76. The maximum Gasteiger partial charge on any atom is 0.0463 e. The Balaban J connectivity index is 4.96. The van der Waals surface area contributed by atoms with Crippen molar-refractivity contribution in [2.24, 2.45) is 11.3 Å². The Bertz CT molecular complexity index is 200. The van der Waals surface area contributed by atoms with Gasteiger partial charge in [0, 0.05) is 11.6 Å². The van der Waals surface area contributed by atoms with E-state index in [2.05, 4.69) is 34.6 Å². The van der Waals surface area contributed by atoms with Crippen molar-refractivity contribution >= 4 is 0 Å². The Morgan fingerprint density at radius 2 is 1.50 bits per heavy atom. The molecule has 0 aliphatic heterocycles. The third kappa shape index (κ3) is 4.42. The summed E-state index contributed by atoms with van der Waals surface area (Å²) >= 11 is 0. The highest BCUT2D eigenvalue weighted by atomic mass is 16.5. The molecule has 1 radical (unpaired) electrons. The van der Waals surface area contributed by atoms with Crippen molar-refractivity contribution in [3.63, 3.8) is 0 Å². The fraction of sp³-hybridized carbons (Fsp3) is 1.00. The number of hydrogen-bond acceptors (Lipinski definition) is 1. The van der Waals surface area contributed by atoms with Crippen LogP contribution in [0.2, 0.25) is 0 Å². The Hall–Kier alpha value is -0.0800. The monoisotopic (exact) mass is 228 g/mol. The minimum atomic E-state index is -0.306. The van der Waals surface area contributed by atoms with Crippen LogP contribution in [0.1, 0.15) is 68.2 Å². The van der Waals surface area contributed by atoms with Crippen molar-refractivity contribution in [1.82, 2.24) is 5.06 Å². The van der Waals surface area contributed by atoms with Gasteiger partial charge in [-0.25, -0.2) is 0 Å². The van der Waals surface area contributed by atoms with Gasteiger partial charge in [0.05, 0.1) is 0 Å². The van der Waals surface area contributed by atoms with E-state index >= 15 is 0 Å². The molecule has 0 rings (SSSR count). The molecule has 2 heteroatoms. The lowest BCUT2D eigenvalue weighted by Gasteiger charge is -2.44. The Kier molecular flexibility index (Phi) is 5.48. The summed E-state index contributed by atoms with van der Waals surface area (Å²) < 4.78 is 0. The maximum atomic E-state index is 12.4. The van der Waals surface area contributed by atoms with E-state index in [-0.39, 0.29) is 17.0 Å². The first kappa shape index (κ1) is 15.9. The summed E-state index contributed by atoms with van der Waals surface area (Å²) in [6.07, 6.45) is 2.27. The highest BCUT2D eigenvalue weighted by molar-refractivity contribution is 4.88. The van der Waals surface area contributed by atoms with Crippen LogP contribution in [-0.2, 0) is 5.21 Å². The van der Waals surface area contributed by atoms with Crippen LogP contribution >= 0.6 is 0 Å². The number of nitrogens with zero attached hydrogens (tertiary/aromatic N) is 1. The van der Waals surface area contributed by atoms with E-state index < -0.39 is 0 Å². The molecule has 2 unspecified atom stereocenters. The zero-order valence-corrected chi connectivity index (χ0v) is 12.4. The van der Waals surface area contributed by atoms with Gasteiger partial charge in [-0.2, -0.15) is 0 Å². The van der Waals surface area contributed by atoms with E-state index in [1.54, 1.807) is 0 Å². The summed E-state index contributed by atoms with van der Waals surface area (Å²) in [6.45, 7) is 16.9. The third-order valence-electron chi connectivity index (χ3n) is 3.08. The minimum absolute atomic E-state index is 0.0314. The van der Waals surface area contributed by atoms with Crippen LogP contribution < -0.4 is 0 Å². The van der Waals surface area contributed by atoms with Crippen molar-refractivity contribution in [2.75, 3.05) is 0 Å². The second-order valence-corrected chi connectivity index (χ2v) is 7.07. The van der Waals surface area contributed by atoms with E-state index in [1.807, 2.05) is 20.8 Å². The summed E-state index contributed by atoms with van der Waals surface area (Å²) in [7, 11) is 0. The Labute approximate surface area is 102 Å². The summed E-state index contributed by atoms with van der Waals surface area (Å²) in [5, 5.41) is 13.8. The first-order chi connectivity index (χ1) is 7.01. The second-order valence-electron chi connectivity index (χ2n) is 7.07. The lowest BCUT2D eigenvalue weighted by molar-refractivity contribution is -0.267. The Morgan fingerprint density at radius 3 is 1.75 bits per heavy atom. The molecule has 0 heterocycles. The van der Waals surface area contributed by atoms with Gasteiger partial charge in [-0.15, -0.1) is 10.3 Å². The molecule has 0 spiro atoms. The maximum absolute atomic E-state index is 12.4. The molecular formula is C14H30NO. The molecular weight excluding hydrogens is 198 g/mol. The van der Waals surface area contributed by atoms with Crippen molar-refractivity contribution in [3.05, 3.63) is 0 Å². The summed E-state index contributed by atoms with van der Waals surface area (Å²) in [6, 6.07) is 0.0902. The fourth-order valence-electron chi connectivity index (χ4n) is 2.47. The number of rotatable bonds is 4. The largest absolute Gasteiger partial charge is 0.146 e. The lowest BCUT2D eigenvalue weighted by Crippen LogP contribution is -2.53. The van der Waals surface area contributed by atoms with Gasteiger partial charge in [0.1, 0.15) is 0 Å².